The Morgan fingerprint density at radius 3 is 2.62 bits per heavy atom. The van der Waals surface area contributed by atoms with Gasteiger partial charge in [0.25, 0.3) is 0 Å². The molecule has 1 saturated heterocycles. The van der Waals surface area contributed by atoms with Crippen molar-refractivity contribution in [1.82, 2.24) is 14.7 Å². The van der Waals surface area contributed by atoms with Gasteiger partial charge in [-0.1, -0.05) is 12.1 Å². The second kappa shape index (κ2) is 11.4. The molecule has 3 aliphatic rings. The normalized spacial score (nSPS) is 24.8. The maximum Gasteiger partial charge on any atom is 0.419 e. The zero-order chi connectivity index (χ0) is 28.5. The van der Waals surface area contributed by atoms with Gasteiger partial charge in [-0.25, -0.2) is 9.18 Å². The van der Waals surface area contributed by atoms with Crippen molar-refractivity contribution in [3.8, 4) is 6.07 Å². The van der Waals surface area contributed by atoms with E-state index in [4.69, 9.17) is 0 Å². The molecule has 10 heteroatoms. The number of unbranched alkanes of at least 4 members (excludes halogenated alkanes) is 1. The van der Waals surface area contributed by atoms with Gasteiger partial charge in [-0.3, -0.25) is 0 Å². The molecule has 5 rings (SSSR count). The average Bonchev–Trinajstić information content (AvgIpc) is 3.56. The standard InChI is InChI=1S/C30H35F4N5O/c1-37-13-15-38(16-14-37)11-2-3-12-39(28(40)36-23-7-8-26(31)24(18-23)30(32,33)34)27-9-10-29(19-25(27)29)22-6-4-5-21(17-22)20-35/h4-8,17-18,25,27H,2-3,9-16,19H2,1H3,(H,36,40)/t25-,27-,29-/m1/s1. The molecule has 2 aromatic rings. The lowest BCUT2D eigenvalue weighted by Gasteiger charge is -2.33. The van der Waals surface area contributed by atoms with E-state index in [1.54, 1.807) is 11.0 Å². The summed E-state index contributed by atoms with van der Waals surface area (Å²) in [6.45, 7) is 5.52. The molecule has 1 aliphatic heterocycles. The Balaban J connectivity index is 1.29. The van der Waals surface area contributed by atoms with Crippen LogP contribution < -0.4 is 5.32 Å². The lowest BCUT2D eigenvalue weighted by atomic mass is 9.92. The number of amides is 2. The van der Waals surface area contributed by atoms with Crippen LogP contribution in [0.1, 0.15) is 48.8 Å². The van der Waals surface area contributed by atoms with E-state index in [-0.39, 0.29) is 23.1 Å². The second-order valence-electron chi connectivity index (χ2n) is 11.4. The molecule has 0 spiro atoms. The SMILES string of the molecule is CN1CCN(CCCCN(C(=O)Nc2ccc(F)c(C(F)(F)F)c2)[C@@H]2CC[C@]3(c4cccc(C#N)c4)C[C@H]23)CC1. The molecule has 2 aromatic carbocycles. The van der Waals surface area contributed by atoms with Crippen LogP contribution in [-0.4, -0.2) is 73.1 Å². The highest BCUT2D eigenvalue weighted by Crippen LogP contribution is 2.65. The largest absolute Gasteiger partial charge is 0.419 e. The van der Waals surface area contributed by atoms with Crippen molar-refractivity contribution in [3.63, 3.8) is 0 Å². The number of likely N-dealkylation sites (N-methyl/N-ethyl adjacent to an activating group) is 1. The van der Waals surface area contributed by atoms with Crippen LogP contribution in [0.4, 0.5) is 28.0 Å². The number of piperazine rings is 1. The quantitative estimate of drug-likeness (QED) is 0.334. The van der Waals surface area contributed by atoms with Crippen molar-refractivity contribution in [2.24, 2.45) is 5.92 Å². The fourth-order valence-corrected chi connectivity index (χ4v) is 6.60. The van der Waals surface area contributed by atoms with Crippen LogP contribution in [0.25, 0.3) is 0 Å². The lowest BCUT2D eigenvalue weighted by molar-refractivity contribution is -0.139. The molecule has 6 nitrogen and oxygen atoms in total. The van der Waals surface area contributed by atoms with E-state index in [1.807, 2.05) is 18.2 Å². The van der Waals surface area contributed by atoms with Gasteiger partial charge >= 0.3 is 12.2 Å². The minimum absolute atomic E-state index is 0.0584. The number of halogens is 4. The van der Waals surface area contributed by atoms with E-state index in [0.29, 0.717) is 18.2 Å². The number of hydrogen-bond donors (Lipinski definition) is 1. The third-order valence-corrected chi connectivity index (χ3v) is 8.95. The van der Waals surface area contributed by atoms with E-state index >= 15 is 0 Å². The Kier molecular flexibility index (Phi) is 8.07. The van der Waals surface area contributed by atoms with Crippen LogP contribution in [0.3, 0.4) is 0 Å². The minimum atomic E-state index is -4.86. The van der Waals surface area contributed by atoms with Crippen molar-refractivity contribution < 1.29 is 22.4 Å². The Labute approximate surface area is 232 Å². The second-order valence-corrected chi connectivity index (χ2v) is 11.4. The maximum atomic E-state index is 13.8. The minimum Gasteiger partial charge on any atom is -0.321 e. The third-order valence-electron chi connectivity index (χ3n) is 8.95. The van der Waals surface area contributed by atoms with Crippen molar-refractivity contribution >= 4 is 11.7 Å². The molecule has 0 unspecified atom stereocenters. The summed E-state index contributed by atoms with van der Waals surface area (Å²) >= 11 is 0. The first kappa shape index (κ1) is 28.4. The third kappa shape index (κ3) is 5.96. The van der Waals surface area contributed by atoms with Crippen LogP contribution in [0.2, 0.25) is 0 Å². The molecule has 2 saturated carbocycles. The number of hydrogen-bond acceptors (Lipinski definition) is 4. The summed E-state index contributed by atoms with van der Waals surface area (Å²) < 4.78 is 53.7. The molecule has 214 valence electrons. The van der Waals surface area contributed by atoms with Crippen LogP contribution in [-0.2, 0) is 11.6 Å². The number of fused-ring (bicyclic) bond motifs is 1. The van der Waals surface area contributed by atoms with Crippen LogP contribution in [0.15, 0.2) is 42.5 Å². The summed E-state index contributed by atoms with van der Waals surface area (Å²) in [5.74, 6) is -1.15. The summed E-state index contributed by atoms with van der Waals surface area (Å²) in [6, 6.07) is 11.9. The first-order chi connectivity index (χ1) is 19.1. The highest BCUT2D eigenvalue weighted by Gasteiger charge is 2.64. The number of nitrogens with one attached hydrogen (secondary N) is 1. The van der Waals surface area contributed by atoms with Crippen molar-refractivity contribution in [3.05, 3.63) is 65.0 Å². The molecule has 40 heavy (non-hydrogen) atoms. The van der Waals surface area contributed by atoms with Gasteiger partial charge in [-0.15, -0.1) is 0 Å². The zero-order valence-corrected chi connectivity index (χ0v) is 22.7. The van der Waals surface area contributed by atoms with Crippen molar-refractivity contribution in [1.29, 1.82) is 5.26 Å². The maximum absolute atomic E-state index is 13.8. The highest BCUT2D eigenvalue weighted by atomic mass is 19.4. The summed E-state index contributed by atoms with van der Waals surface area (Å²) in [4.78, 5) is 20.1. The fraction of sp³-hybridized carbons (Fsp3) is 0.533. The number of benzene rings is 2. The molecule has 0 bridgehead atoms. The molecule has 1 N–H and O–H groups in total. The summed E-state index contributed by atoms with van der Waals surface area (Å²) in [6.07, 6.45) is -0.592. The van der Waals surface area contributed by atoms with Crippen LogP contribution in [0, 0.1) is 23.1 Å². The van der Waals surface area contributed by atoms with Crippen LogP contribution in [0.5, 0.6) is 0 Å². The Morgan fingerprint density at radius 2 is 1.93 bits per heavy atom. The molecule has 2 aliphatic carbocycles. The molecule has 0 radical (unpaired) electrons. The van der Waals surface area contributed by atoms with Gasteiger partial charge in [0.1, 0.15) is 5.82 Å². The molecular formula is C30H35F4N5O. The number of carbonyl (C=O) groups excluding carboxylic acids is 1. The first-order valence-corrected chi connectivity index (χ1v) is 14.0. The predicted octanol–water partition coefficient (Wildman–Crippen LogP) is 5.70. The van der Waals surface area contributed by atoms with E-state index in [0.717, 1.165) is 82.5 Å². The topological polar surface area (TPSA) is 62.6 Å². The highest BCUT2D eigenvalue weighted by molar-refractivity contribution is 5.89. The van der Waals surface area contributed by atoms with E-state index in [2.05, 4.69) is 28.2 Å². The Morgan fingerprint density at radius 1 is 1.15 bits per heavy atom. The summed E-state index contributed by atoms with van der Waals surface area (Å²) in [5.41, 5.74) is 0.167. The monoisotopic (exact) mass is 557 g/mol. The molecule has 1 heterocycles. The summed E-state index contributed by atoms with van der Waals surface area (Å²) in [5, 5.41) is 12.0. The van der Waals surface area contributed by atoms with Gasteiger partial charge in [-0.2, -0.15) is 18.4 Å². The number of carbonyl (C=O) groups is 1. The lowest BCUT2D eigenvalue weighted by Crippen LogP contribution is -2.45. The molecule has 0 aromatic heterocycles. The molecule has 2 amide bonds. The molecule has 3 atom stereocenters. The fourth-order valence-electron chi connectivity index (χ4n) is 6.60. The molecular weight excluding hydrogens is 522 g/mol. The van der Waals surface area contributed by atoms with Gasteiger partial charge in [0.2, 0.25) is 0 Å². The van der Waals surface area contributed by atoms with Crippen LogP contribution >= 0.6 is 0 Å². The van der Waals surface area contributed by atoms with Crippen molar-refractivity contribution in [2.75, 3.05) is 51.6 Å². The number of alkyl halides is 3. The zero-order valence-electron chi connectivity index (χ0n) is 22.7. The predicted molar refractivity (Wildman–Crippen MR) is 144 cm³/mol. The van der Waals surface area contributed by atoms with E-state index in [9.17, 15) is 27.6 Å². The van der Waals surface area contributed by atoms with Gasteiger partial charge in [0, 0.05) is 49.9 Å². The van der Waals surface area contributed by atoms with E-state index in [1.165, 1.54) is 0 Å². The summed E-state index contributed by atoms with van der Waals surface area (Å²) in [7, 11) is 2.11. The first-order valence-electron chi connectivity index (χ1n) is 14.0. The van der Waals surface area contributed by atoms with E-state index < -0.39 is 23.6 Å². The number of urea groups is 1. The van der Waals surface area contributed by atoms with Gasteiger partial charge in [-0.05, 0) is 87.5 Å². The number of rotatable bonds is 8. The number of anilines is 1. The smallest absolute Gasteiger partial charge is 0.321 e. The Bertz CT molecular complexity index is 1270. The number of nitrogens with zero attached hydrogens (tertiary/aromatic N) is 4. The average molecular weight is 558 g/mol. The van der Waals surface area contributed by atoms with Crippen molar-refractivity contribution in [2.45, 2.75) is 49.7 Å². The molecule has 3 fully saturated rings. The van der Waals surface area contributed by atoms with Gasteiger partial charge in [0.05, 0.1) is 17.2 Å². The number of nitriles is 1. The Hall–Kier alpha value is -3.16. The van der Waals surface area contributed by atoms with Gasteiger partial charge < -0.3 is 20.0 Å². The van der Waals surface area contributed by atoms with Gasteiger partial charge in [0.15, 0.2) is 0 Å².